The van der Waals surface area contributed by atoms with Crippen molar-refractivity contribution in [2.24, 2.45) is 5.14 Å². The van der Waals surface area contributed by atoms with Gasteiger partial charge in [0.25, 0.3) is 5.91 Å². The lowest BCUT2D eigenvalue weighted by Crippen LogP contribution is -2.33. The van der Waals surface area contributed by atoms with Crippen LogP contribution in [0.2, 0.25) is 0 Å². The van der Waals surface area contributed by atoms with Gasteiger partial charge in [0.1, 0.15) is 0 Å². The molecule has 0 radical (unpaired) electrons. The topological polar surface area (TPSA) is 89.7 Å². The number of primary sulfonamides is 1. The fourth-order valence-electron chi connectivity index (χ4n) is 2.60. The number of methoxy groups -OCH3 is 1. The van der Waals surface area contributed by atoms with E-state index >= 15 is 0 Å². The lowest BCUT2D eigenvalue weighted by Gasteiger charge is -2.22. The summed E-state index contributed by atoms with van der Waals surface area (Å²) in [4.78, 5) is 14.2. The standard InChI is InChI=1S/C14H20N2O4S/c1-10-4-3-5-16(10)14(17)12-6-11(9-20-2)7-13(8-12)21(15,18)19/h6-8,10H,3-5,9H2,1-2H3,(H2,15,18,19). The maximum Gasteiger partial charge on any atom is 0.254 e. The van der Waals surface area contributed by atoms with Gasteiger partial charge in [-0.1, -0.05) is 0 Å². The first-order valence-corrected chi connectivity index (χ1v) is 8.34. The van der Waals surface area contributed by atoms with E-state index in [0.29, 0.717) is 17.7 Å². The number of hydrogen-bond acceptors (Lipinski definition) is 4. The van der Waals surface area contributed by atoms with Crippen LogP contribution in [0, 0.1) is 0 Å². The molecule has 1 heterocycles. The largest absolute Gasteiger partial charge is 0.380 e. The molecular weight excluding hydrogens is 292 g/mol. The Labute approximate surface area is 124 Å². The molecule has 0 aliphatic carbocycles. The average Bonchev–Trinajstić information content (AvgIpc) is 2.83. The van der Waals surface area contributed by atoms with Crippen molar-refractivity contribution < 1.29 is 17.9 Å². The minimum absolute atomic E-state index is 0.0627. The Morgan fingerprint density at radius 1 is 1.43 bits per heavy atom. The van der Waals surface area contributed by atoms with Crippen molar-refractivity contribution in [3.8, 4) is 0 Å². The van der Waals surface area contributed by atoms with Crippen molar-refractivity contribution in [3.63, 3.8) is 0 Å². The Morgan fingerprint density at radius 3 is 2.67 bits per heavy atom. The van der Waals surface area contributed by atoms with E-state index < -0.39 is 10.0 Å². The quantitative estimate of drug-likeness (QED) is 0.901. The third kappa shape index (κ3) is 3.61. The van der Waals surface area contributed by atoms with Crippen LogP contribution in [0.1, 0.15) is 35.7 Å². The molecule has 1 aromatic rings. The average molecular weight is 312 g/mol. The highest BCUT2D eigenvalue weighted by Gasteiger charge is 2.27. The number of hydrogen-bond donors (Lipinski definition) is 1. The van der Waals surface area contributed by atoms with Crippen molar-refractivity contribution in [1.29, 1.82) is 0 Å². The highest BCUT2D eigenvalue weighted by Crippen LogP contribution is 2.22. The molecule has 2 rings (SSSR count). The number of ether oxygens (including phenoxy) is 1. The van der Waals surface area contributed by atoms with Gasteiger partial charge in [-0.05, 0) is 43.5 Å². The van der Waals surface area contributed by atoms with E-state index in [1.807, 2.05) is 6.92 Å². The minimum atomic E-state index is -3.86. The van der Waals surface area contributed by atoms with E-state index in [4.69, 9.17) is 9.88 Å². The van der Waals surface area contributed by atoms with Crippen LogP contribution in [0.3, 0.4) is 0 Å². The highest BCUT2D eigenvalue weighted by atomic mass is 32.2. The first-order chi connectivity index (χ1) is 9.82. The zero-order valence-corrected chi connectivity index (χ0v) is 13.0. The molecule has 1 unspecified atom stereocenters. The summed E-state index contributed by atoms with van der Waals surface area (Å²) in [6.45, 7) is 2.91. The van der Waals surface area contributed by atoms with E-state index in [1.165, 1.54) is 19.2 Å². The molecule has 1 fully saturated rings. The summed E-state index contributed by atoms with van der Waals surface area (Å²) in [7, 11) is -2.36. The fourth-order valence-corrected chi connectivity index (χ4v) is 3.21. The van der Waals surface area contributed by atoms with Gasteiger partial charge in [-0.25, -0.2) is 13.6 Å². The second kappa shape index (κ2) is 6.13. The van der Waals surface area contributed by atoms with Gasteiger partial charge < -0.3 is 9.64 Å². The van der Waals surface area contributed by atoms with Gasteiger partial charge in [-0.3, -0.25) is 4.79 Å². The number of rotatable bonds is 4. The van der Waals surface area contributed by atoms with Gasteiger partial charge in [0.2, 0.25) is 10.0 Å². The van der Waals surface area contributed by atoms with Gasteiger partial charge in [-0.2, -0.15) is 0 Å². The van der Waals surface area contributed by atoms with Gasteiger partial charge in [0.05, 0.1) is 11.5 Å². The van der Waals surface area contributed by atoms with E-state index in [-0.39, 0.29) is 23.5 Å². The summed E-state index contributed by atoms with van der Waals surface area (Å²) in [6.07, 6.45) is 1.93. The smallest absolute Gasteiger partial charge is 0.254 e. The number of nitrogens with two attached hydrogens (primary N) is 1. The second-order valence-corrected chi connectivity index (χ2v) is 6.89. The first kappa shape index (κ1) is 15.9. The summed E-state index contributed by atoms with van der Waals surface area (Å²) in [5, 5.41) is 5.18. The number of nitrogens with zero attached hydrogens (tertiary/aromatic N) is 1. The molecule has 2 N–H and O–H groups in total. The molecule has 1 amide bonds. The Balaban J connectivity index is 2.42. The molecule has 1 aliphatic rings. The number of benzene rings is 1. The van der Waals surface area contributed by atoms with Crippen LogP contribution in [-0.4, -0.2) is 38.9 Å². The predicted molar refractivity (Wildman–Crippen MR) is 78.3 cm³/mol. The summed E-state index contributed by atoms with van der Waals surface area (Å²) in [5.41, 5.74) is 0.946. The van der Waals surface area contributed by atoms with Gasteiger partial charge >= 0.3 is 0 Å². The van der Waals surface area contributed by atoms with Crippen LogP contribution in [0.15, 0.2) is 23.1 Å². The lowest BCUT2D eigenvalue weighted by atomic mass is 10.1. The molecule has 1 saturated heterocycles. The summed E-state index contributed by atoms with van der Waals surface area (Å²) >= 11 is 0. The summed E-state index contributed by atoms with van der Waals surface area (Å²) in [5.74, 6) is -0.164. The first-order valence-electron chi connectivity index (χ1n) is 6.79. The monoisotopic (exact) mass is 312 g/mol. The summed E-state index contributed by atoms with van der Waals surface area (Å²) < 4.78 is 28.1. The molecule has 0 aromatic heterocycles. The molecule has 0 saturated carbocycles. The highest BCUT2D eigenvalue weighted by molar-refractivity contribution is 7.89. The number of carbonyl (C=O) groups excluding carboxylic acids is 1. The Morgan fingerprint density at radius 2 is 2.14 bits per heavy atom. The van der Waals surface area contributed by atoms with Crippen LogP contribution in [0.4, 0.5) is 0 Å². The number of amides is 1. The molecular formula is C14H20N2O4S. The van der Waals surface area contributed by atoms with Crippen molar-refractivity contribution in [1.82, 2.24) is 4.90 Å². The molecule has 0 bridgehead atoms. The second-order valence-electron chi connectivity index (χ2n) is 5.33. The molecule has 1 aliphatic heterocycles. The van der Waals surface area contributed by atoms with Gasteiger partial charge in [0, 0.05) is 25.3 Å². The minimum Gasteiger partial charge on any atom is -0.380 e. The van der Waals surface area contributed by atoms with Crippen LogP contribution >= 0.6 is 0 Å². The zero-order chi connectivity index (χ0) is 15.6. The van der Waals surface area contributed by atoms with Crippen molar-refractivity contribution >= 4 is 15.9 Å². The Hall–Kier alpha value is -1.44. The van der Waals surface area contributed by atoms with E-state index in [1.54, 1.807) is 11.0 Å². The normalized spacial score (nSPS) is 19.0. The third-order valence-corrected chi connectivity index (χ3v) is 4.56. The molecule has 0 spiro atoms. The van der Waals surface area contributed by atoms with Crippen molar-refractivity contribution in [3.05, 3.63) is 29.3 Å². The van der Waals surface area contributed by atoms with Gasteiger partial charge in [-0.15, -0.1) is 0 Å². The maximum atomic E-state index is 12.5. The number of likely N-dealkylation sites (tertiary alicyclic amines) is 1. The maximum absolute atomic E-state index is 12.5. The van der Waals surface area contributed by atoms with E-state index in [9.17, 15) is 13.2 Å². The predicted octanol–water partition coefficient (Wildman–Crippen LogP) is 1.10. The molecule has 1 atom stereocenters. The number of carbonyl (C=O) groups is 1. The summed E-state index contributed by atoms with van der Waals surface area (Å²) in [6, 6.07) is 4.60. The molecule has 21 heavy (non-hydrogen) atoms. The Kier molecular flexibility index (Phi) is 4.65. The van der Waals surface area contributed by atoms with E-state index in [0.717, 1.165) is 12.8 Å². The molecule has 116 valence electrons. The zero-order valence-electron chi connectivity index (χ0n) is 12.2. The van der Waals surface area contributed by atoms with Crippen molar-refractivity contribution in [2.45, 2.75) is 37.3 Å². The number of sulfonamides is 1. The van der Waals surface area contributed by atoms with Crippen LogP contribution in [0.25, 0.3) is 0 Å². The SMILES string of the molecule is COCc1cc(C(=O)N2CCCC2C)cc(S(N)(=O)=O)c1. The Bertz CT molecular complexity index is 642. The van der Waals surface area contributed by atoms with Crippen LogP contribution in [0.5, 0.6) is 0 Å². The van der Waals surface area contributed by atoms with E-state index in [2.05, 4.69) is 0 Å². The molecule has 7 heteroatoms. The van der Waals surface area contributed by atoms with Crippen LogP contribution in [-0.2, 0) is 21.4 Å². The third-order valence-electron chi connectivity index (χ3n) is 3.67. The molecule has 6 nitrogen and oxygen atoms in total. The van der Waals surface area contributed by atoms with Crippen molar-refractivity contribution in [2.75, 3.05) is 13.7 Å². The fraction of sp³-hybridized carbons (Fsp3) is 0.500. The van der Waals surface area contributed by atoms with Crippen LogP contribution < -0.4 is 5.14 Å². The lowest BCUT2D eigenvalue weighted by molar-refractivity contribution is 0.0747. The van der Waals surface area contributed by atoms with Gasteiger partial charge in [0.15, 0.2) is 0 Å². The molecule has 1 aromatic carbocycles.